The van der Waals surface area contributed by atoms with Crippen LogP contribution in [0.1, 0.15) is 51.8 Å². The Bertz CT molecular complexity index is 431. The molecule has 1 unspecified atom stereocenters. The van der Waals surface area contributed by atoms with E-state index in [1.807, 2.05) is 0 Å². The van der Waals surface area contributed by atoms with Crippen LogP contribution < -0.4 is 10.2 Å². The van der Waals surface area contributed by atoms with Crippen LogP contribution in [0.2, 0.25) is 0 Å². The topological polar surface area (TPSA) is 54.2 Å². The number of nitrogens with one attached hydrogen (secondary N) is 1. The Morgan fingerprint density at radius 1 is 1.20 bits per heavy atom. The summed E-state index contributed by atoms with van der Waals surface area (Å²) < 4.78 is 5.61. The lowest BCUT2D eigenvalue weighted by Gasteiger charge is -2.34. The molecule has 3 heterocycles. The van der Waals surface area contributed by atoms with Crippen molar-refractivity contribution in [2.45, 2.75) is 51.4 Å². The highest BCUT2D eigenvalue weighted by molar-refractivity contribution is 5.29. The van der Waals surface area contributed by atoms with Gasteiger partial charge in [0.25, 0.3) is 5.95 Å². The second-order valence-corrected chi connectivity index (χ2v) is 6.71. The van der Waals surface area contributed by atoms with Gasteiger partial charge in [-0.1, -0.05) is 13.8 Å². The number of anilines is 1. The van der Waals surface area contributed by atoms with E-state index in [0.29, 0.717) is 5.92 Å². The molecule has 0 amide bonds. The average molecular weight is 278 g/mol. The van der Waals surface area contributed by atoms with E-state index in [9.17, 15) is 0 Å². The minimum absolute atomic E-state index is 0.0472. The lowest BCUT2D eigenvalue weighted by Crippen LogP contribution is -2.41. The summed E-state index contributed by atoms with van der Waals surface area (Å²) >= 11 is 0. The van der Waals surface area contributed by atoms with Crippen molar-refractivity contribution in [1.82, 2.24) is 15.5 Å². The maximum Gasteiger partial charge on any atom is 0.266 e. The molecule has 3 rings (SSSR count). The maximum absolute atomic E-state index is 5.61. The van der Waals surface area contributed by atoms with Crippen LogP contribution in [0.3, 0.4) is 0 Å². The van der Waals surface area contributed by atoms with Gasteiger partial charge in [-0.25, -0.2) is 0 Å². The number of hydrogen-bond donors (Lipinski definition) is 1. The first kappa shape index (κ1) is 13.9. The summed E-state index contributed by atoms with van der Waals surface area (Å²) in [6.45, 7) is 8.77. The molecule has 0 saturated carbocycles. The Labute approximate surface area is 121 Å². The summed E-state index contributed by atoms with van der Waals surface area (Å²) in [7, 11) is 0. The van der Waals surface area contributed by atoms with Crippen LogP contribution in [0, 0.1) is 5.92 Å². The van der Waals surface area contributed by atoms with Crippen LogP contribution in [0.15, 0.2) is 4.52 Å². The van der Waals surface area contributed by atoms with Gasteiger partial charge in [-0.05, 0) is 56.3 Å². The molecule has 20 heavy (non-hydrogen) atoms. The third kappa shape index (κ3) is 2.68. The lowest BCUT2D eigenvalue weighted by molar-refractivity contribution is 0.196. The van der Waals surface area contributed by atoms with E-state index < -0.39 is 0 Å². The number of hydrogen-bond acceptors (Lipinski definition) is 5. The van der Waals surface area contributed by atoms with Crippen LogP contribution in [-0.4, -0.2) is 36.3 Å². The molecule has 2 fully saturated rings. The van der Waals surface area contributed by atoms with E-state index in [-0.39, 0.29) is 5.41 Å². The monoisotopic (exact) mass is 278 g/mol. The van der Waals surface area contributed by atoms with E-state index in [0.717, 1.165) is 38.0 Å². The standard InChI is InChI=1S/C15H26N4O/c1-15(2,12-7-6-8-16-11-12)13-17-14(18-20-13)19-9-4-3-5-10-19/h12,16H,3-11H2,1-2H3. The summed E-state index contributed by atoms with van der Waals surface area (Å²) in [5, 5.41) is 7.70. The Morgan fingerprint density at radius 3 is 2.70 bits per heavy atom. The van der Waals surface area contributed by atoms with Gasteiger partial charge in [0.2, 0.25) is 5.89 Å². The molecule has 1 atom stereocenters. The highest BCUT2D eigenvalue weighted by Crippen LogP contribution is 2.35. The molecule has 0 aromatic carbocycles. The van der Waals surface area contributed by atoms with Crippen LogP contribution in [0.4, 0.5) is 5.95 Å². The number of nitrogens with zero attached hydrogens (tertiary/aromatic N) is 3. The van der Waals surface area contributed by atoms with Crippen molar-refractivity contribution < 1.29 is 4.52 Å². The zero-order chi connectivity index (χ0) is 14.0. The molecule has 0 aliphatic carbocycles. The van der Waals surface area contributed by atoms with Crippen LogP contribution in [0.5, 0.6) is 0 Å². The quantitative estimate of drug-likeness (QED) is 0.919. The van der Waals surface area contributed by atoms with E-state index in [1.165, 1.54) is 32.1 Å². The Balaban J connectivity index is 1.74. The number of rotatable bonds is 3. The minimum atomic E-state index is -0.0472. The predicted octanol–water partition coefficient (Wildman–Crippen LogP) is 2.34. The lowest BCUT2D eigenvalue weighted by atomic mass is 9.75. The fourth-order valence-electron chi connectivity index (χ4n) is 3.34. The van der Waals surface area contributed by atoms with Crippen LogP contribution in [0.25, 0.3) is 0 Å². The van der Waals surface area contributed by atoms with Gasteiger partial charge in [0.1, 0.15) is 0 Å². The van der Waals surface area contributed by atoms with Gasteiger partial charge in [0.15, 0.2) is 0 Å². The Morgan fingerprint density at radius 2 is 2.00 bits per heavy atom. The molecule has 0 spiro atoms. The normalized spacial score (nSPS) is 24.9. The van der Waals surface area contributed by atoms with Crippen molar-refractivity contribution in [2.24, 2.45) is 5.92 Å². The Kier molecular flexibility index (Phi) is 3.96. The van der Waals surface area contributed by atoms with Gasteiger partial charge in [-0.15, -0.1) is 0 Å². The zero-order valence-electron chi connectivity index (χ0n) is 12.7. The van der Waals surface area contributed by atoms with Crippen LogP contribution in [-0.2, 0) is 5.41 Å². The van der Waals surface area contributed by atoms with E-state index in [1.54, 1.807) is 0 Å². The van der Waals surface area contributed by atoms with E-state index in [2.05, 4.69) is 29.2 Å². The fraction of sp³-hybridized carbons (Fsp3) is 0.867. The highest BCUT2D eigenvalue weighted by Gasteiger charge is 2.37. The molecule has 2 aliphatic heterocycles. The molecule has 0 bridgehead atoms. The molecule has 0 radical (unpaired) electrons. The fourth-order valence-corrected chi connectivity index (χ4v) is 3.34. The predicted molar refractivity (Wildman–Crippen MR) is 79.0 cm³/mol. The van der Waals surface area contributed by atoms with Gasteiger partial charge in [-0.2, -0.15) is 4.98 Å². The van der Waals surface area contributed by atoms with Crippen molar-refractivity contribution in [3.63, 3.8) is 0 Å². The Hall–Kier alpha value is -1.10. The zero-order valence-corrected chi connectivity index (χ0v) is 12.7. The van der Waals surface area contributed by atoms with Crippen molar-refractivity contribution in [3.8, 4) is 0 Å². The van der Waals surface area contributed by atoms with Crippen molar-refractivity contribution in [2.75, 3.05) is 31.1 Å². The maximum atomic E-state index is 5.61. The van der Waals surface area contributed by atoms with Crippen molar-refractivity contribution >= 4 is 5.95 Å². The average Bonchev–Trinajstić information content (AvgIpc) is 3.00. The first-order valence-electron chi connectivity index (χ1n) is 7.98. The van der Waals surface area contributed by atoms with Gasteiger partial charge in [0.05, 0.1) is 0 Å². The van der Waals surface area contributed by atoms with Gasteiger partial charge in [0, 0.05) is 18.5 Å². The number of piperidine rings is 2. The summed E-state index contributed by atoms with van der Waals surface area (Å²) in [5.41, 5.74) is -0.0472. The van der Waals surface area contributed by atoms with Crippen molar-refractivity contribution in [1.29, 1.82) is 0 Å². The van der Waals surface area contributed by atoms with Gasteiger partial charge in [-0.3, -0.25) is 0 Å². The van der Waals surface area contributed by atoms with Gasteiger partial charge >= 0.3 is 0 Å². The molecule has 112 valence electrons. The molecule has 2 saturated heterocycles. The summed E-state index contributed by atoms with van der Waals surface area (Å²) in [6.07, 6.45) is 6.27. The van der Waals surface area contributed by atoms with Crippen LogP contribution >= 0.6 is 0 Å². The summed E-state index contributed by atoms with van der Waals surface area (Å²) in [6, 6.07) is 0. The number of aromatic nitrogens is 2. The second kappa shape index (κ2) is 5.72. The van der Waals surface area contributed by atoms with Crippen molar-refractivity contribution in [3.05, 3.63) is 5.89 Å². The third-order valence-electron chi connectivity index (χ3n) is 4.92. The van der Waals surface area contributed by atoms with E-state index in [4.69, 9.17) is 9.51 Å². The minimum Gasteiger partial charge on any atom is -0.338 e. The first-order valence-corrected chi connectivity index (χ1v) is 7.98. The smallest absolute Gasteiger partial charge is 0.266 e. The SMILES string of the molecule is CC(C)(c1nc(N2CCCCC2)no1)C1CCCNC1. The molecule has 5 nitrogen and oxygen atoms in total. The van der Waals surface area contributed by atoms with E-state index >= 15 is 0 Å². The third-order valence-corrected chi connectivity index (χ3v) is 4.92. The molecule has 5 heteroatoms. The first-order chi connectivity index (χ1) is 9.68. The highest BCUT2D eigenvalue weighted by atomic mass is 16.5. The second-order valence-electron chi connectivity index (χ2n) is 6.71. The molecule has 1 N–H and O–H groups in total. The largest absolute Gasteiger partial charge is 0.338 e. The molecular formula is C15H26N4O. The molecule has 1 aromatic rings. The van der Waals surface area contributed by atoms with Gasteiger partial charge < -0.3 is 14.7 Å². The molecular weight excluding hydrogens is 252 g/mol. The summed E-state index contributed by atoms with van der Waals surface area (Å²) in [5.74, 6) is 2.16. The molecule has 2 aliphatic rings. The molecule has 1 aromatic heterocycles. The summed E-state index contributed by atoms with van der Waals surface area (Å²) in [4.78, 5) is 6.96.